The summed E-state index contributed by atoms with van der Waals surface area (Å²) in [5.41, 5.74) is 1.17. The number of hydrogen-bond donors (Lipinski definition) is 2. The van der Waals surface area contributed by atoms with Crippen molar-refractivity contribution in [3.63, 3.8) is 0 Å². The Morgan fingerprint density at radius 2 is 2.10 bits per heavy atom. The molecular formula is C17H27NO2. The smallest absolute Gasteiger partial charge is 0.160 e. The van der Waals surface area contributed by atoms with Crippen molar-refractivity contribution in [1.29, 1.82) is 0 Å². The highest BCUT2D eigenvalue weighted by molar-refractivity contribution is 5.42. The minimum atomic E-state index is 0.201. The van der Waals surface area contributed by atoms with E-state index < -0.39 is 0 Å². The van der Waals surface area contributed by atoms with Gasteiger partial charge in [-0.3, -0.25) is 0 Å². The number of rotatable bonds is 5. The van der Waals surface area contributed by atoms with Crippen molar-refractivity contribution in [2.75, 3.05) is 7.11 Å². The first-order valence-corrected chi connectivity index (χ1v) is 7.78. The van der Waals surface area contributed by atoms with Crippen LogP contribution in [0.15, 0.2) is 18.2 Å². The molecule has 1 aliphatic carbocycles. The molecule has 1 fully saturated rings. The molecule has 0 radical (unpaired) electrons. The summed E-state index contributed by atoms with van der Waals surface area (Å²) in [7, 11) is 1.59. The van der Waals surface area contributed by atoms with Gasteiger partial charge in [0.2, 0.25) is 0 Å². The van der Waals surface area contributed by atoms with Gasteiger partial charge in [-0.05, 0) is 43.4 Å². The molecule has 3 nitrogen and oxygen atoms in total. The zero-order valence-corrected chi connectivity index (χ0v) is 12.9. The number of phenols is 1. The van der Waals surface area contributed by atoms with E-state index in [4.69, 9.17) is 4.74 Å². The topological polar surface area (TPSA) is 41.5 Å². The molecule has 20 heavy (non-hydrogen) atoms. The summed E-state index contributed by atoms with van der Waals surface area (Å²) in [6.45, 7) is 4.48. The van der Waals surface area contributed by atoms with Crippen molar-refractivity contribution in [3.05, 3.63) is 23.8 Å². The van der Waals surface area contributed by atoms with Gasteiger partial charge in [-0.15, -0.1) is 0 Å². The lowest BCUT2D eigenvalue weighted by Gasteiger charge is -2.34. The Morgan fingerprint density at radius 3 is 2.80 bits per heavy atom. The number of aromatic hydroxyl groups is 1. The number of hydrogen-bond acceptors (Lipinski definition) is 3. The van der Waals surface area contributed by atoms with Crippen molar-refractivity contribution in [2.45, 2.75) is 58.0 Å². The highest BCUT2D eigenvalue weighted by Gasteiger charge is 2.25. The highest BCUT2D eigenvalue weighted by atomic mass is 16.5. The third kappa shape index (κ3) is 3.45. The predicted molar refractivity (Wildman–Crippen MR) is 82.2 cm³/mol. The zero-order valence-electron chi connectivity index (χ0n) is 12.9. The van der Waals surface area contributed by atoms with Gasteiger partial charge in [0.1, 0.15) is 0 Å². The highest BCUT2D eigenvalue weighted by Crippen LogP contribution is 2.31. The molecular weight excluding hydrogens is 250 g/mol. The van der Waals surface area contributed by atoms with Gasteiger partial charge in [0, 0.05) is 12.1 Å². The van der Waals surface area contributed by atoms with Crippen LogP contribution in [0.2, 0.25) is 0 Å². The minimum Gasteiger partial charge on any atom is -0.504 e. The van der Waals surface area contributed by atoms with Gasteiger partial charge in [-0.1, -0.05) is 32.3 Å². The largest absolute Gasteiger partial charge is 0.504 e. The first-order valence-electron chi connectivity index (χ1n) is 7.78. The Morgan fingerprint density at radius 1 is 1.35 bits per heavy atom. The van der Waals surface area contributed by atoms with Gasteiger partial charge in [-0.2, -0.15) is 0 Å². The predicted octanol–water partition coefficient (Wildman–Crippen LogP) is 4.02. The molecule has 1 aliphatic rings. The van der Waals surface area contributed by atoms with E-state index in [1.165, 1.54) is 37.7 Å². The van der Waals surface area contributed by atoms with Crippen LogP contribution in [-0.4, -0.2) is 18.3 Å². The molecule has 1 aromatic rings. The molecule has 1 aromatic carbocycles. The normalized spacial score (nSPS) is 24.4. The second-order valence-corrected chi connectivity index (χ2v) is 5.88. The van der Waals surface area contributed by atoms with Crippen LogP contribution < -0.4 is 10.1 Å². The Labute approximate surface area is 122 Å². The lowest BCUT2D eigenvalue weighted by atomic mass is 9.82. The van der Waals surface area contributed by atoms with Crippen LogP contribution in [0.5, 0.6) is 11.5 Å². The minimum absolute atomic E-state index is 0.201. The number of benzene rings is 1. The second kappa shape index (κ2) is 6.98. The molecule has 2 N–H and O–H groups in total. The summed E-state index contributed by atoms with van der Waals surface area (Å²) in [4.78, 5) is 0. The van der Waals surface area contributed by atoms with E-state index in [1.807, 2.05) is 12.1 Å². The van der Waals surface area contributed by atoms with Crippen molar-refractivity contribution >= 4 is 0 Å². The molecule has 0 aromatic heterocycles. The van der Waals surface area contributed by atoms with Crippen molar-refractivity contribution in [2.24, 2.45) is 5.92 Å². The summed E-state index contributed by atoms with van der Waals surface area (Å²) >= 11 is 0. The van der Waals surface area contributed by atoms with E-state index >= 15 is 0 Å². The molecule has 112 valence electrons. The number of phenolic OH excluding ortho intramolecular Hbond substituents is 1. The molecule has 3 atom stereocenters. The third-order valence-electron chi connectivity index (χ3n) is 4.60. The van der Waals surface area contributed by atoms with Crippen LogP contribution >= 0.6 is 0 Å². The second-order valence-electron chi connectivity index (χ2n) is 5.88. The maximum Gasteiger partial charge on any atom is 0.160 e. The maximum atomic E-state index is 9.67. The first-order chi connectivity index (χ1) is 9.65. The summed E-state index contributed by atoms with van der Waals surface area (Å²) in [5, 5.41) is 13.4. The number of methoxy groups -OCH3 is 1. The SMILES string of the molecule is CCC1CCCCC1NC(C)c1ccc(O)c(OC)c1. The fraction of sp³-hybridized carbons (Fsp3) is 0.647. The summed E-state index contributed by atoms with van der Waals surface area (Å²) in [6, 6.07) is 6.51. The summed E-state index contributed by atoms with van der Waals surface area (Å²) in [5.74, 6) is 1.55. The van der Waals surface area contributed by atoms with E-state index in [0.717, 1.165) is 5.92 Å². The number of nitrogens with one attached hydrogen (secondary N) is 1. The Kier molecular flexibility index (Phi) is 5.30. The van der Waals surface area contributed by atoms with E-state index in [-0.39, 0.29) is 11.8 Å². The zero-order chi connectivity index (χ0) is 14.5. The van der Waals surface area contributed by atoms with E-state index in [0.29, 0.717) is 11.8 Å². The molecule has 3 heteroatoms. The van der Waals surface area contributed by atoms with Gasteiger partial charge in [0.05, 0.1) is 7.11 Å². The Hall–Kier alpha value is -1.22. The molecule has 2 rings (SSSR count). The summed E-state index contributed by atoms with van der Waals surface area (Å²) in [6.07, 6.45) is 6.58. The first kappa shape index (κ1) is 15.2. The van der Waals surface area contributed by atoms with E-state index in [1.54, 1.807) is 13.2 Å². The Bertz CT molecular complexity index is 433. The fourth-order valence-corrected chi connectivity index (χ4v) is 3.30. The van der Waals surface area contributed by atoms with Crippen LogP contribution in [0.3, 0.4) is 0 Å². The van der Waals surface area contributed by atoms with Gasteiger partial charge >= 0.3 is 0 Å². The average molecular weight is 277 g/mol. The summed E-state index contributed by atoms with van der Waals surface area (Å²) < 4.78 is 5.19. The fourth-order valence-electron chi connectivity index (χ4n) is 3.30. The van der Waals surface area contributed by atoms with Crippen molar-refractivity contribution in [3.8, 4) is 11.5 Å². The quantitative estimate of drug-likeness (QED) is 0.854. The lowest BCUT2D eigenvalue weighted by Crippen LogP contribution is -2.39. The van der Waals surface area contributed by atoms with Gasteiger partial charge in [-0.25, -0.2) is 0 Å². The maximum absolute atomic E-state index is 9.67. The third-order valence-corrected chi connectivity index (χ3v) is 4.60. The average Bonchev–Trinajstić information content (AvgIpc) is 2.48. The van der Waals surface area contributed by atoms with Crippen molar-refractivity contribution in [1.82, 2.24) is 5.32 Å². The molecule has 0 saturated heterocycles. The molecule has 0 bridgehead atoms. The van der Waals surface area contributed by atoms with Crippen molar-refractivity contribution < 1.29 is 9.84 Å². The number of ether oxygens (including phenoxy) is 1. The standard InChI is InChI=1S/C17H27NO2/c1-4-13-7-5-6-8-15(13)18-12(2)14-9-10-16(19)17(11-14)20-3/h9-13,15,18-19H,4-8H2,1-3H3. The molecule has 0 spiro atoms. The Balaban J connectivity index is 2.05. The molecule has 3 unspecified atom stereocenters. The monoisotopic (exact) mass is 277 g/mol. The molecule has 1 saturated carbocycles. The van der Waals surface area contributed by atoms with E-state index in [2.05, 4.69) is 19.2 Å². The van der Waals surface area contributed by atoms with E-state index in [9.17, 15) is 5.11 Å². The van der Waals surface area contributed by atoms with Crippen LogP contribution in [-0.2, 0) is 0 Å². The van der Waals surface area contributed by atoms with Crippen LogP contribution in [0.4, 0.5) is 0 Å². The molecule has 0 amide bonds. The molecule has 0 aliphatic heterocycles. The van der Waals surface area contributed by atoms with Crippen LogP contribution in [0, 0.1) is 5.92 Å². The van der Waals surface area contributed by atoms with Crippen LogP contribution in [0.25, 0.3) is 0 Å². The van der Waals surface area contributed by atoms with Gasteiger partial charge in [0.15, 0.2) is 11.5 Å². The van der Waals surface area contributed by atoms with Crippen LogP contribution in [0.1, 0.15) is 57.6 Å². The van der Waals surface area contributed by atoms with Gasteiger partial charge < -0.3 is 15.2 Å². The lowest BCUT2D eigenvalue weighted by molar-refractivity contribution is 0.240. The van der Waals surface area contributed by atoms with Gasteiger partial charge in [0.25, 0.3) is 0 Å². The molecule has 0 heterocycles.